The highest BCUT2D eigenvalue weighted by Crippen LogP contribution is 2.25. The molecule has 0 bridgehead atoms. The molecule has 3 rings (SSSR count). The normalized spacial score (nSPS) is 16.2. The largest absolute Gasteiger partial charge is 0.389 e. The lowest BCUT2D eigenvalue weighted by Crippen LogP contribution is -2.30. The molecule has 0 amide bonds. The molecule has 2 aromatic rings. The van der Waals surface area contributed by atoms with Crippen LogP contribution in [0, 0.1) is 13.8 Å². The third-order valence-electron chi connectivity index (χ3n) is 4.86. The summed E-state index contributed by atoms with van der Waals surface area (Å²) in [6, 6.07) is 8.42. The molecule has 1 aromatic carbocycles. The molecule has 1 aliphatic rings. The summed E-state index contributed by atoms with van der Waals surface area (Å²) in [5.74, 6) is 0. The third-order valence-corrected chi connectivity index (χ3v) is 4.86. The highest BCUT2D eigenvalue weighted by atomic mass is 16.3. The zero-order valence-electron chi connectivity index (χ0n) is 14.3. The first-order valence-electron chi connectivity index (χ1n) is 8.39. The van der Waals surface area contributed by atoms with Crippen molar-refractivity contribution in [1.29, 1.82) is 0 Å². The van der Waals surface area contributed by atoms with E-state index in [1.54, 1.807) is 0 Å². The minimum absolute atomic E-state index is 0.406. The van der Waals surface area contributed by atoms with Crippen molar-refractivity contribution in [3.8, 4) is 0 Å². The van der Waals surface area contributed by atoms with Crippen LogP contribution >= 0.6 is 0 Å². The number of aromatic nitrogens is 1. The van der Waals surface area contributed by atoms with Crippen molar-refractivity contribution < 1.29 is 5.11 Å². The van der Waals surface area contributed by atoms with Gasteiger partial charge in [0, 0.05) is 28.8 Å². The summed E-state index contributed by atoms with van der Waals surface area (Å²) in [6.45, 7) is 7.65. The van der Waals surface area contributed by atoms with Crippen LogP contribution in [0.4, 0.5) is 0 Å². The van der Waals surface area contributed by atoms with Gasteiger partial charge in [-0.15, -0.1) is 0 Å². The Morgan fingerprint density at radius 3 is 2.65 bits per heavy atom. The van der Waals surface area contributed by atoms with Gasteiger partial charge in [0.15, 0.2) is 0 Å². The second-order valence-electron chi connectivity index (χ2n) is 6.58. The topological polar surface area (TPSA) is 37.2 Å². The van der Waals surface area contributed by atoms with Gasteiger partial charge in [0.05, 0.1) is 12.6 Å². The van der Waals surface area contributed by atoms with Gasteiger partial charge >= 0.3 is 0 Å². The van der Waals surface area contributed by atoms with Gasteiger partial charge in [-0.3, -0.25) is 0 Å². The van der Waals surface area contributed by atoms with E-state index in [-0.39, 0.29) is 0 Å². The maximum Gasteiger partial charge on any atom is 0.0891 e. The first-order chi connectivity index (χ1) is 11.1. The minimum Gasteiger partial charge on any atom is -0.389 e. The van der Waals surface area contributed by atoms with Crippen LogP contribution in [0.15, 0.2) is 47.7 Å². The number of aryl methyl sites for hydroxylation is 1. The van der Waals surface area contributed by atoms with E-state index in [9.17, 15) is 5.11 Å². The monoisotopic (exact) mass is 310 g/mol. The molecule has 0 saturated carbocycles. The van der Waals surface area contributed by atoms with Crippen LogP contribution in [0.2, 0.25) is 0 Å². The van der Waals surface area contributed by atoms with Crippen LogP contribution in [0.25, 0.3) is 10.9 Å². The van der Waals surface area contributed by atoms with E-state index in [1.165, 1.54) is 33.4 Å². The summed E-state index contributed by atoms with van der Waals surface area (Å²) in [7, 11) is 0. The fourth-order valence-electron chi connectivity index (χ4n) is 3.25. The average molecular weight is 310 g/mol. The van der Waals surface area contributed by atoms with Crippen molar-refractivity contribution >= 4 is 10.9 Å². The molecule has 2 N–H and O–H groups in total. The second-order valence-corrected chi connectivity index (χ2v) is 6.58. The number of para-hydroxylation sites is 1. The number of hydrogen-bond acceptors (Lipinski definition) is 2. The number of nitrogens with zero attached hydrogens (tertiary/aromatic N) is 1. The van der Waals surface area contributed by atoms with Crippen LogP contribution in [0.1, 0.15) is 31.0 Å². The number of fused-ring (bicyclic) bond motifs is 1. The van der Waals surface area contributed by atoms with Gasteiger partial charge in [-0.1, -0.05) is 29.8 Å². The zero-order valence-corrected chi connectivity index (χ0v) is 14.3. The van der Waals surface area contributed by atoms with E-state index in [0.717, 1.165) is 12.8 Å². The van der Waals surface area contributed by atoms with Crippen molar-refractivity contribution in [3.63, 3.8) is 0 Å². The second kappa shape index (κ2) is 6.63. The molecule has 1 aromatic heterocycles. The number of hydrogen-bond donors (Lipinski definition) is 2. The lowest BCUT2D eigenvalue weighted by Gasteiger charge is -2.19. The van der Waals surface area contributed by atoms with Gasteiger partial charge in [-0.25, -0.2) is 0 Å². The third kappa shape index (κ3) is 3.35. The Morgan fingerprint density at radius 2 is 1.91 bits per heavy atom. The maximum absolute atomic E-state index is 10.5. The SMILES string of the molecule is CC1=CC=C(NCC(O)Cn2c(C)c(C)c3ccccc32)CC1. The predicted octanol–water partition coefficient (Wildman–Crippen LogP) is 3.83. The maximum atomic E-state index is 10.5. The molecule has 1 aliphatic carbocycles. The lowest BCUT2D eigenvalue weighted by atomic mass is 10.0. The van der Waals surface area contributed by atoms with Crippen molar-refractivity contribution in [3.05, 3.63) is 58.9 Å². The number of rotatable bonds is 5. The molecule has 1 unspecified atom stereocenters. The van der Waals surface area contributed by atoms with Crippen LogP contribution in [0.5, 0.6) is 0 Å². The molecule has 1 atom stereocenters. The van der Waals surface area contributed by atoms with Crippen LogP contribution < -0.4 is 5.32 Å². The molecule has 122 valence electrons. The molecule has 3 heteroatoms. The molecule has 0 fully saturated rings. The molecule has 1 heterocycles. The van der Waals surface area contributed by atoms with Crippen molar-refractivity contribution in [2.75, 3.05) is 6.54 Å². The average Bonchev–Trinajstić information content (AvgIpc) is 2.80. The number of allylic oxidation sites excluding steroid dienone is 4. The molecule has 23 heavy (non-hydrogen) atoms. The van der Waals surface area contributed by atoms with E-state index < -0.39 is 6.10 Å². The van der Waals surface area contributed by atoms with E-state index in [4.69, 9.17) is 0 Å². The van der Waals surface area contributed by atoms with Crippen molar-refractivity contribution in [2.24, 2.45) is 0 Å². The summed E-state index contributed by atoms with van der Waals surface area (Å²) in [5.41, 5.74) is 6.38. The summed E-state index contributed by atoms with van der Waals surface area (Å²) in [4.78, 5) is 0. The zero-order chi connectivity index (χ0) is 16.4. The summed E-state index contributed by atoms with van der Waals surface area (Å²) < 4.78 is 2.23. The fourth-order valence-corrected chi connectivity index (χ4v) is 3.25. The van der Waals surface area contributed by atoms with Gasteiger partial charge in [-0.05, 0) is 51.3 Å². The van der Waals surface area contributed by atoms with Crippen LogP contribution in [-0.4, -0.2) is 22.3 Å². The van der Waals surface area contributed by atoms with Gasteiger partial charge < -0.3 is 15.0 Å². The Hall–Kier alpha value is -2.00. The van der Waals surface area contributed by atoms with Crippen molar-refractivity contribution in [2.45, 2.75) is 46.3 Å². The quantitative estimate of drug-likeness (QED) is 0.880. The van der Waals surface area contributed by atoms with Crippen LogP contribution in [0.3, 0.4) is 0 Å². The van der Waals surface area contributed by atoms with Gasteiger partial charge in [-0.2, -0.15) is 0 Å². The Labute approximate surface area is 138 Å². The van der Waals surface area contributed by atoms with Gasteiger partial charge in [0.1, 0.15) is 0 Å². The van der Waals surface area contributed by atoms with E-state index >= 15 is 0 Å². The predicted molar refractivity (Wildman–Crippen MR) is 96.5 cm³/mol. The first-order valence-corrected chi connectivity index (χ1v) is 8.39. The molecule has 0 radical (unpaired) electrons. The van der Waals surface area contributed by atoms with E-state index in [0.29, 0.717) is 13.1 Å². The molecular weight excluding hydrogens is 284 g/mol. The fraction of sp³-hybridized carbons (Fsp3) is 0.400. The first kappa shape index (κ1) is 15.9. The number of benzene rings is 1. The van der Waals surface area contributed by atoms with Gasteiger partial charge in [0.25, 0.3) is 0 Å². The van der Waals surface area contributed by atoms with Crippen LogP contribution in [-0.2, 0) is 6.54 Å². The lowest BCUT2D eigenvalue weighted by molar-refractivity contribution is 0.155. The van der Waals surface area contributed by atoms with Crippen molar-refractivity contribution in [1.82, 2.24) is 9.88 Å². The Kier molecular flexibility index (Phi) is 4.58. The molecule has 0 aliphatic heterocycles. The molecule has 0 saturated heterocycles. The standard InChI is InChI=1S/C20H26N2O/c1-14-8-10-17(11-9-14)21-12-18(23)13-22-16(3)15(2)19-6-4-5-7-20(19)22/h4-8,10,18,21,23H,9,11-13H2,1-3H3. The number of nitrogens with one attached hydrogen (secondary N) is 1. The highest BCUT2D eigenvalue weighted by molar-refractivity contribution is 5.85. The van der Waals surface area contributed by atoms with E-state index in [2.05, 4.69) is 67.1 Å². The minimum atomic E-state index is -0.406. The molecular formula is C20H26N2O. The number of aliphatic hydroxyl groups excluding tert-OH is 1. The Bertz CT molecular complexity index is 767. The number of aliphatic hydroxyl groups is 1. The smallest absolute Gasteiger partial charge is 0.0891 e. The summed E-state index contributed by atoms with van der Waals surface area (Å²) in [6.07, 6.45) is 6.03. The van der Waals surface area contributed by atoms with E-state index in [1.807, 2.05) is 0 Å². The molecule has 0 spiro atoms. The Balaban J connectivity index is 1.69. The summed E-state index contributed by atoms with van der Waals surface area (Å²) in [5, 5.41) is 15.1. The Morgan fingerprint density at radius 1 is 1.13 bits per heavy atom. The molecule has 3 nitrogen and oxygen atoms in total. The summed E-state index contributed by atoms with van der Waals surface area (Å²) >= 11 is 0. The highest BCUT2D eigenvalue weighted by Gasteiger charge is 2.14. The van der Waals surface area contributed by atoms with Gasteiger partial charge in [0.2, 0.25) is 0 Å².